The zero-order chi connectivity index (χ0) is 17.7. The average Bonchev–Trinajstić information content (AvgIpc) is 2.71. The fourth-order valence-corrected chi connectivity index (χ4v) is 2.19. The summed E-state index contributed by atoms with van der Waals surface area (Å²) in [6.45, 7) is -1.01. The largest absolute Gasteiger partial charge is 0.411 e. The molecule has 1 saturated heterocycles. The number of alkyl halides is 6. The molecule has 1 fully saturated rings. The molecule has 0 aromatic carbocycles. The first-order valence-corrected chi connectivity index (χ1v) is 6.95. The summed E-state index contributed by atoms with van der Waals surface area (Å²) in [6.07, 6.45) is -8.35. The lowest BCUT2D eigenvalue weighted by molar-refractivity contribution is -0.174. The van der Waals surface area contributed by atoms with Gasteiger partial charge in [0.2, 0.25) is 0 Å². The lowest BCUT2D eigenvalue weighted by Gasteiger charge is -2.20. The number of ether oxygens (including phenoxy) is 1. The summed E-state index contributed by atoms with van der Waals surface area (Å²) in [4.78, 5) is 12.8. The molecule has 11 heteroatoms. The van der Waals surface area contributed by atoms with Crippen LogP contribution in [0.15, 0.2) is 0 Å². The Kier molecular flexibility index (Phi) is 6.93. The van der Waals surface area contributed by atoms with E-state index in [1.54, 1.807) is 0 Å². The van der Waals surface area contributed by atoms with Crippen molar-refractivity contribution in [1.29, 1.82) is 0 Å². The van der Waals surface area contributed by atoms with E-state index in [0.29, 0.717) is 6.42 Å². The van der Waals surface area contributed by atoms with Crippen LogP contribution in [-0.2, 0) is 4.74 Å². The number of urea groups is 1. The summed E-state index contributed by atoms with van der Waals surface area (Å²) in [6, 6.07) is -1.74. The molecule has 0 saturated carbocycles. The molecule has 5 nitrogen and oxygen atoms in total. The molecule has 0 aromatic heterocycles. The highest BCUT2D eigenvalue weighted by molar-refractivity contribution is 5.74. The number of nitrogens with one attached hydrogen (secondary N) is 2. The first-order chi connectivity index (χ1) is 10.4. The van der Waals surface area contributed by atoms with Gasteiger partial charge in [-0.2, -0.15) is 26.3 Å². The van der Waals surface area contributed by atoms with Crippen molar-refractivity contribution in [2.24, 2.45) is 0 Å². The van der Waals surface area contributed by atoms with Gasteiger partial charge in [-0.15, -0.1) is 0 Å². The summed E-state index contributed by atoms with van der Waals surface area (Å²) in [7, 11) is 0. The number of hydrogen-bond acceptors (Lipinski definition) is 3. The second-order valence-electron chi connectivity index (χ2n) is 5.49. The van der Waals surface area contributed by atoms with E-state index in [1.807, 2.05) is 0 Å². The molecule has 23 heavy (non-hydrogen) atoms. The molecular weight excluding hydrogens is 332 g/mol. The standard InChI is InChI=1S/C12H19F6N3O2/c1-8(5-23-7-12(16,17)18)19-10(22)20-9-2-3-21(4-9)6-11(13,14)15/h8-9H,2-7H2,1H3,(H2,19,20,22). The molecule has 1 heterocycles. The van der Waals surface area contributed by atoms with Crippen molar-refractivity contribution in [2.75, 3.05) is 32.8 Å². The maximum atomic E-state index is 12.2. The van der Waals surface area contributed by atoms with Crippen molar-refractivity contribution in [2.45, 2.75) is 37.8 Å². The van der Waals surface area contributed by atoms with Gasteiger partial charge in [-0.3, -0.25) is 4.90 Å². The van der Waals surface area contributed by atoms with Gasteiger partial charge in [0.25, 0.3) is 0 Å². The zero-order valence-corrected chi connectivity index (χ0v) is 12.4. The lowest BCUT2D eigenvalue weighted by atomic mass is 10.3. The Morgan fingerprint density at radius 3 is 2.48 bits per heavy atom. The molecule has 0 aliphatic carbocycles. The number of rotatable bonds is 6. The highest BCUT2D eigenvalue weighted by atomic mass is 19.4. The van der Waals surface area contributed by atoms with E-state index in [1.165, 1.54) is 11.8 Å². The lowest BCUT2D eigenvalue weighted by Crippen LogP contribution is -2.48. The van der Waals surface area contributed by atoms with Gasteiger partial charge in [0, 0.05) is 19.1 Å². The summed E-state index contributed by atoms with van der Waals surface area (Å²) < 4.78 is 76.8. The molecule has 1 aliphatic heterocycles. The third kappa shape index (κ3) is 9.49. The molecule has 2 N–H and O–H groups in total. The number of carbonyl (C=O) groups is 1. The molecular formula is C12H19F6N3O2. The fourth-order valence-electron chi connectivity index (χ4n) is 2.19. The van der Waals surface area contributed by atoms with Crippen LogP contribution in [-0.4, -0.2) is 68.2 Å². The number of carbonyl (C=O) groups excluding carboxylic acids is 1. The van der Waals surface area contributed by atoms with Crippen LogP contribution in [0.2, 0.25) is 0 Å². The zero-order valence-electron chi connectivity index (χ0n) is 12.4. The van der Waals surface area contributed by atoms with Gasteiger partial charge in [0.05, 0.1) is 19.2 Å². The monoisotopic (exact) mass is 351 g/mol. The smallest absolute Gasteiger partial charge is 0.370 e. The number of likely N-dealkylation sites (tertiary alicyclic amines) is 1. The van der Waals surface area contributed by atoms with Crippen molar-refractivity contribution in [1.82, 2.24) is 15.5 Å². The SMILES string of the molecule is CC(COCC(F)(F)F)NC(=O)NC1CCN(CC(F)(F)F)C1. The number of nitrogens with zero attached hydrogens (tertiary/aromatic N) is 1. The van der Waals surface area contributed by atoms with Crippen LogP contribution in [0.25, 0.3) is 0 Å². The number of halogens is 6. The second-order valence-corrected chi connectivity index (χ2v) is 5.49. The van der Waals surface area contributed by atoms with Gasteiger partial charge in [0.15, 0.2) is 0 Å². The van der Waals surface area contributed by atoms with Crippen LogP contribution in [0.1, 0.15) is 13.3 Å². The van der Waals surface area contributed by atoms with E-state index in [9.17, 15) is 31.1 Å². The molecule has 2 atom stereocenters. The van der Waals surface area contributed by atoms with Crippen molar-refractivity contribution < 1.29 is 35.9 Å². The average molecular weight is 351 g/mol. The Morgan fingerprint density at radius 1 is 1.26 bits per heavy atom. The van der Waals surface area contributed by atoms with Crippen molar-refractivity contribution in [3.05, 3.63) is 0 Å². The predicted octanol–water partition coefficient (Wildman–Crippen LogP) is 1.89. The first kappa shape index (κ1) is 19.8. The summed E-state index contributed by atoms with van der Waals surface area (Å²) in [5, 5.41) is 4.87. The molecule has 2 unspecified atom stereocenters. The van der Waals surface area contributed by atoms with Crippen LogP contribution in [0.3, 0.4) is 0 Å². The molecule has 0 aromatic rings. The molecule has 0 spiro atoms. The van der Waals surface area contributed by atoms with Crippen LogP contribution in [0, 0.1) is 0 Å². The van der Waals surface area contributed by atoms with Gasteiger partial charge in [-0.05, 0) is 13.3 Å². The van der Waals surface area contributed by atoms with Gasteiger partial charge in [-0.1, -0.05) is 0 Å². The Morgan fingerprint density at radius 2 is 1.91 bits per heavy atom. The predicted molar refractivity (Wildman–Crippen MR) is 68.9 cm³/mol. The third-order valence-corrected chi connectivity index (χ3v) is 3.02. The molecule has 1 aliphatic rings. The Bertz CT molecular complexity index is 388. The van der Waals surface area contributed by atoms with Crippen LogP contribution in [0.5, 0.6) is 0 Å². The van der Waals surface area contributed by atoms with Gasteiger partial charge < -0.3 is 15.4 Å². The van der Waals surface area contributed by atoms with Crippen LogP contribution >= 0.6 is 0 Å². The molecule has 2 amide bonds. The van der Waals surface area contributed by atoms with E-state index in [0.717, 1.165) is 0 Å². The first-order valence-electron chi connectivity index (χ1n) is 6.95. The summed E-state index contributed by atoms with van der Waals surface area (Å²) in [5.74, 6) is 0. The minimum absolute atomic E-state index is 0.0753. The van der Waals surface area contributed by atoms with Crippen molar-refractivity contribution in [3.63, 3.8) is 0 Å². The normalized spacial score (nSPS) is 21.3. The second kappa shape index (κ2) is 8.04. The molecule has 0 bridgehead atoms. The Labute approximate surface area is 129 Å². The highest BCUT2D eigenvalue weighted by Crippen LogP contribution is 2.20. The Hall–Kier alpha value is -1.23. The summed E-state index contributed by atoms with van der Waals surface area (Å²) in [5.41, 5.74) is 0. The van der Waals surface area contributed by atoms with Crippen LogP contribution < -0.4 is 10.6 Å². The van der Waals surface area contributed by atoms with E-state index in [4.69, 9.17) is 0 Å². The van der Waals surface area contributed by atoms with Crippen molar-refractivity contribution >= 4 is 6.03 Å². The summed E-state index contributed by atoms with van der Waals surface area (Å²) >= 11 is 0. The van der Waals surface area contributed by atoms with E-state index in [-0.39, 0.29) is 19.7 Å². The van der Waals surface area contributed by atoms with Gasteiger partial charge >= 0.3 is 18.4 Å². The maximum Gasteiger partial charge on any atom is 0.411 e. The van der Waals surface area contributed by atoms with Gasteiger partial charge in [-0.25, -0.2) is 4.79 Å². The Balaban J connectivity index is 2.21. The quantitative estimate of drug-likeness (QED) is 0.719. The molecule has 1 rings (SSSR count). The molecule has 136 valence electrons. The minimum atomic E-state index is -4.44. The van der Waals surface area contributed by atoms with Gasteiger partial charge in [0.1, 0.15) is 6.61 Å². The number of hydrogen-bond donors (Lipinski definition) is 2. The fraction of sp³-hybridized carbons (Fsp3) is 0.917. The van der Waals surface area contributed by atoms with Crippen molar-refractivity contribution in [3.8, 4) is 0 Å². The minimum Gasteiger partial charge on any atom is -0.370 e. The highest BCUT2D eigenvalue weighted by Gasteiger charge is 2.34. The topological polar surface area (TPSA) is 53.6 Å². The van der Waals surface area contributed by atoms with E-state index < -0.39 is 43.6 Å². The maximum absolute atomic E-state index is 12.2. The van der Waals surface area contributed by atoms with E-state index in [2.05, 4.69) is 15.4 Å². The van der Waals surface area contributed by atoms with E-state index >= 15 is 0 Å². The van der Waals surface area contributed by atoms with Crippen LogP contribution in [0.4, 0.5) is 31.1 Å². The third-order valence-electron chi connectivity index (χ3n) is 3.02. The molecule has 0 radical (unpaired) electrons. The number of amides is 2.